The molecule has 0 bridgehead atoms. The number of amides is 2. The van der Waals surface area contributed by atoms with Crippen molar-refractivity contribution in [3.8, 4) is 11.5 Å². The lowest BCUT2D eigenvalue weighted by Gasteiger charge is -2.42. The van der Waals surface area contributed by atoms with E-state index in [1.807, 2.05) is 54.3 Å². The molecule has 3 heterocycles. The summed E-state index contributed by atoms with van der Waals surface area (Å²) in [6.45, 7) is 7.83. The van der Waals surface area contributed by atoms with E-state index in [4.69, 9.17) is 9.47 Å². The Kier molecular flexibility index (Phi) is 9.63. The van der Waals surface area contributed by atoms with Gasteiger partial charge in [-0.25, -0.2) is 0 Å². The number of carbonyl (C=O) groups excluding carboxylic acids is 2. The van der Waals surface area contributed by atoms with E-state index in [0.29, 0.717) is 31.8 Å². The fourth-order valence-electron chi connectivity index (χ4n) is 6.35. The third-order valence-corrected chi connectivity index (χ3v) is 9.02. The second kappa shape index (κ2) is 13.5. The molecule has 0 aliphatic carbocycles. The Morgan fingerprint density at radius 3 is 2.48 bits per heavy atom. The van der Waals surface area contributed by atoms with E-state index >= 15 is 0 Å². The highest BCUT2D eigenvalue weighted by molar-refractivity contribution is 5.94. The Bertz CT molecular complexity index is 1120. The maximum Gasteiger partial charge on any atom is 0.260 e. The van der Waals surface area contributed by atoms with Crippen LogP contribution in [0.25, 0.3) is 0 Å². The number of likely N-dealkylation sites (tertiary alicyclic amines) is 2. The van der Waals surface area contributed by atoms with Gasteiger partial charge in [0.15, 0.2) is 6.10 Å². The van der Waals surface area contributed by atoms with Crippen molar-refractivity contribution in [2.75, 3.05) is 45.9 Å². The number of piperidine rings is 2. The number of hydrogen-bond acceptors (Lipinski definition) is 5. The Balaban J connectivity index is 1.13. The third-order valence-electron chi connectivity index (χ3n) is 9.02. The smallest absolute Gasteiger partial charge is 0.260 e. The summed E-state index contributed by atoms with van der Waals surface area (Å²) in [6, 6.07) is 15.6. The molecular formula is C33H45N3O4. The van der Waals surface area contributed by atoms with Crippen LogP contribution in [0.3, 0.4) is 0 Å². The van der Waals surface area contributed by atoms with Gasteiger partial charge in [0.05, 0.1) is 0 Å². The molecule has 2 aromatic rings. The van der Waals surface area contributed by atoms with Crippen molar-refractivity contribution in [3.05, 3.63) is 59.7 Å². The molecule has 3 aliphatic heterocycles. The SMILES string of the molecule is C[C@H]1Oc2ccccc2CCCCC2(CCN(C(=O)c3ccc(OCCN4CCCCC4)cc3)CC2)CNC1=O. The van der Waals surface area contributed by atoms with E-state index in [9.17, 15) is 9.59 Å². The summed E-state index contributed by atoms with van der Waals surface area (Å²) in [5.74, 6) is 1.62. The van der Waals surface area contributed by atoms with E-state index in [1.165, 1.54) is 32.4 Å². The fourth-order valence-corrected chi connectivity index (χ4v) is 6.35. The lowest BCUT2D eigenvalue weighted by atomic mass is 9.74. The second-order valence-corrected chi connectivity index (χ2v) is 11.9. The highest BCUT2D eigenvalue weighted by atomic mass is 16.5. The first kappa shape index (κ1) is 28.5. The van der Waals surface area contributed by atoms with Crippen LogP contribution in [0.15, 0.2) is 48.5 Å². The van der Waals surface area contributed by atoms with Gasteiger partial charge in [-0.2, -0.15) is 0 Å². The zero-order chi connectivity index (χ0) is 27.8. The first-order valence-electron chi connectivity index (χ1n) is 15.3. The molecule has 3 aliphatic rings. The molecular weight excluding hydrogens is 502 g/mol. The van der Waals surface area contributed by atoms with Crippen LogP contribution in [-0.4, -0.2) is 73.6 Å². The molecule has 5 rings (SSSR count). The zero-order valence-electron chi connectivity index (χ0n) is 24.0. The largest absolute Gasteiger partial charge is 0.492 e. The zero-order valence-corrected chi connectivity index (χ0v) is 24.0. The Morgan fingerprint density at radius 2 is 1.70 bits per heavy atom. The number of hydrogen-bond donors (Lipinski definition) is 1. The minimum Gasteiger partial charge on any atom is -0.492 e. The fraction of sp³-hybridized carbons (Fsp3) is 0.576. The van der Waals surface area contributed by atoms with E-state index in [-0.39, 0.29) is 17.2 Å². The minimum absolute atomic E-state index is 0.0108. The van der Waals surface area contributed by atoms with Crippen LogP contribution < -0.4 is 14.8 Å². The average molecular weight is 548 g/mol. The van der Waals surface area contributed by atoms with Crippen molar-refractivity contribution in [2.24, 2.45) is 5.41 Å². The summed E-state index contributed by atoms with van der Waals surface area (Å²) >= 11 is 0. The molecule has 1 spiro atoms. The Morgan fingerprint density at radius 1 is 0.950 bits per heavy atom. The van der Waals surface area contributed by atoms with Gasteiger partial charge in [-0.05, 0) is 106 Å². The van der Waals surface area contributed by atoms with Gasteiger partial charge in [0.1, 0.15) is 18.1 Å². The van der Waals surface area contributed by atoms with E-state index in [2.05, 4.69) is 16.3 Å². The molecule has 40 heavy (non-hydrogen) atoms. The van der Waals surface area contributed by atoms with Crippen molar-refractivity contribution >= 4 is 11.8 Å². The summed E-state index contributed by atoms with van der Waals surface area (Å²) in [4.78, 5) is 30.6. The summed E-state index contributed by atoms with van der Waals surface area (Å²) < 4.78 is 12.0. The first-order chi connectivity index (χ1) is 19.5. The van der Waals surface area contributed by atoms with Gasteiger partial charge in [-0.3, -0.25) is 14.5 Å². The molecule has 0 radical (unpaired) electrons. The van der Waals surface area contributed by atoms with Crippen molar-refractivity contribution in [3.63, 3.8) is 0 Å². The lowest BCUT2D eigenvalue weighted by molar-refractivity contribution is -0.128. The predicted octanol–water partition coefficient (Wildman–Crippen LogP) is 5.08. The van der Waals surface area contributed by atoms with Gasteiger partial charge in [0.2, 0.25) is 0 Å². The standard InChI is InChI=1S/C33H45N3O4/c1-26-31(37)34-25-33(16-6-5-10-27-9-3-4-11-30(27)40-26)17-21-36(22-18-33)32(38)28-12-14-29(15-13-28)39-24-23-35-19-7-2-8-20-35/h3-4,9,11-15,26H,2,5-8,10,16-25H2,1H3,(H,34,37)/t26-/m1/s1. The molecule has 0 aromatic heterocycles. The highest BCUT2D eigenvalue weighted by Gasteiger charge is 2.36. The Hall–Kier alpha value is -3.06. The number of aryl methyl sites for hydroxylation is 1. The van der Waals surface area contributed by atoms with Gasteiger partial charge in [0, 0.05) is 31.7 Å². The second-order valence-electron chi connectivity index (χ2n) is 11.9. The molecule has 1 N–H and O–H groups in total. The van der Waals surface area contributed by atoms with E-state index in [1.54, 1.807) is 0 Å². The van der Waals surface area contributed by atoms with E-state index in [0.717, 1.165) is 62.1 Å². The van der Waals surface area contributed by atoms with Crippen LogP contribution in [0.2, 0.25) is 0 Å². The maximum atomic E-state index is 13.3. The van der Waals surface area contributed by atoms with Crippen molar-refractivity contribution in [1.82, 2.24) is 15.1 Å². The maximum absolute atomic E-state index is 13.3. The molecule has 7 heteroatoms. The monoisotopic (exact) mass is 547 g/mol. The van der Waals surface area contributed by atoms with Crippen molar-refractivity contribution in [1.29, 1.82) is 0 Å². The number of ether oxygens (including phenoxy) is 2. The average Bonchev–Trinajstić information content (AvgIpc) is 2.99. The molecule has 2 aromatic carbocycles. The van der Waals surface area contributed by atoms with Gasteiger partial charge in [-0.15, -0.1) is 0 Å². The molecule has 2 amide bonds. The summed E-state index contributed by atoms with van der Waals surface area (Å²) in [6.07, 6.45) is 9.32. The van der Waals surface area contributed by atoms with Gasteiger partial charge >= 0.3 is 0 Å². The highest BCUT2D eigenvalue weighted by Crippen LogP contribution is 2.37. The van der Waals surface area contributed by atoms with E-state index < -0.39 is 6.10 Å². The number of rotatable bonds is 5. The molecule has 7 nitrogen and oxygen atoms in total. The first-order valence-corrected chi connectivity index (χ1v) is 15.3. The normalized spacial score (nSPS) is 22.3. The van der Waals surface area contributed by atoms with Gasteiger partial charge in [0.25, 0.3) is 11.8 Å². The predicted molar refractivity (Wildman–Crippen MR) is 157 cm³/mol. The molecule has 0 saturated carbocycles. The number of benzene rings is 2. The van der Waals surface area contributed by atoms with Crippen LogP contribution in [0.4, 0.5) is 0 Å². The molecule has 2 fully saturated rings. The number of fused-ring (bicyclic) bond motifs is 1. The molecule has 2 saturated heterocycles. The summed E-state index contributed by atoms with van der Waals surface area (Å²) in [5, 5.41) is 3.18. The molecule has 0 unspecified atom stereocenters. The number of para-hydroxylation sites is 1. The van der Waals surface area contributed by atoms with Crippen LogP contribution in [0.5, 0.6) is 11.5 Å². The van der Waals surface area contributed by atoms with Crippen LogP contribution in [0, 0.1) is 5.41 Å². The number of nitrogens with one attached hydrogen (secondary N) is 1. The summed E-state index contributed by atoms with van der Waals surface area (Å²) in [5.41, 5.74) is 1.88. The van der Waals surface area contributed by atoms with Gasteiger partial charge < -0.3 is 19.7 Å². The van der Waals surface area contributed by atoms with Crippen LogP contribution in [0.1, 0.15) is 74.2 Å². The van der Waals surface area contributed by atoms with Crippen LogP contribution in [-0.2, 0) is 11.2 Å². The van der Waals surface area contributed by atoms with Crippen molar-refractivity contribution in [2.45, 2.75) is 70.8 Å². The topological polar surface area (TPSA) is 71.1 Å². The van der Waals surface area contributed by atoms with Crippen LogP contribution >= 0.6 is 0 Å². The number of nitrogens with zero attached hydrogens (tertiary/aromatic N) is 2. The molecule has 216 valence electrons. The van der Waals surface area contributed by atoms with Crippen molar-refractivity contribution < 1.29 is 19.1 Å². The minimum atomic E-state index is -0.545. The number of carbonyl (C=O) groups is 2. The quantitative estimate of drug-likeness (QED) is 0.565. The summed E-state index contributed by atoms with van der Waals surface area (Å²) in [7, 11) is 0. The molecule has 1 atom stereocenters. The Labute approximate surface area is 239 Å². The lowest BCUT2D eigenvalue weighted by Crippen LogP contribution is -2.49. The van der Waals surface area contributed by atoms with Gasteiger partial charge in [-0.1, -0.05) is 31.0 Å². The third kappa shape index (κ3) is 7.36.